The molecule has 4 rings (SSSR count). The number of nitrogens with zero attached hydrogens (tertiary/aromatic N) is 3. The normalized spacial score (nSPS) is 15.3. The molecule has 3 aromatic rings. The van der Waals surface area contributed by atoms with Crippen LogP contribution < -0.4 is 9.64 Å². The van der Waals surface area contributed by atoms with Gasteiger partial charge in [0.15, 0.2) is 5.13 Å². The Morgan fingerprint density at radius 1 is 1.06 bits per heavy atom. The van der Waals surface area contributed by atoms with E-state index in [9.17, 15) is 17.2 Å². The van der Waals surface area contributed by atoms with Crippen molar-refractivity contribution >= 4 is 38.1 Å². The highest BCUT2D eigenvalue weighted by molar-refractivity contribution is 7.89. The number of halogens is 3. The highest BCUT2D eigenvalue weighted by atomic mass is 35.5. The average molecular weight is 486 g/mol. The van der Waals surface area contributed by atoms with Crippen LogP contribution in [0.5, 0.6) is 5.75 Å². The summed E-state index contributed by atoms with van der Waals surface area (Å²) in [6.45, 7) is 1.35. The fourth-order valence-corrected chi connectivity index (χ4v) is 6.08. The minimum absolute atomic E-state index is 0.0283. The van der Waals surface area contributed by atoms with E-state index in [0.717, 1.165) is 6.07 Å². The van der Waals surface area contributed by atoms with Crippen LogP contribution in [0.25, 0.3) is 11.3 Å². The molecule has 1 aromatic heterocycles. The summed E-state index contributed by atoms with van der Waals surface area (Å²) < 4.78 is 59.8. The summed E-state index contributed by atoms with van der Waals surface area (Å²) in [5.74, 6) is -1.10. The molecule has 0 amide bonds. The van der Waals surface area contributed by atoms with Crippen molar-refractivity contribution in [1.82, 2.24) is 9.29 Å². The molecule has 1 saturated heterocycles. The molecule has 6 nitrogen and oxygen atoms in total. The maximum absolute atomic E-state index is 13.5. The second-order valence-electron chi connectivity index (χ2n) is 6.86. The van der Waals surface area contributed by atoms with Gasteiger partial charge in [-0.25, -0.2) is 22.2 Å². The molecule has 0 unspecified atom stereocenters. The van der Waals surface area contributed by atoms with Crippen molar-refractivity contribution in [2.75, 3.05) is 38.2 Å². The van der Waals surface area contributed by atoms with E-state index in [1.165, 1.54) is 47.0 Å². The molecule has 2 aromatic carbocycles. The van der Waals surface area contributed by atoms with E-state index < -0.39 is 21.7 Å². The molecular formula is C20H18ClF2N3O3S2. The lowest BCUT2D eigenvalue weighted by Gasteiger charge is -2.34. The first-order chi connectivity index (χ1) is 14.8. The van der Waals surface area contributed by atoms with Gasteiger partial charge >= 0.3 is 0 Å². The van der Waals surface area contributed by atoms with Crippen LogP contribution >= 0.6 is 22.9 Å². The average Bonchev–Trinajstić information content (AvgIpc) is 3.23. The Labute approximate surface area is 187 Å². The molecule has 1 aliphatic rings. The van der Waals surface area contributed by atoms with Crippen LogP contribution in [0.1, 0.15) is 0 Å². The number of thiazole rings is 1. The number of benzene rings is 2. The van der Waals surface area contributed by atoms with Crippen LogP contribution in [0, 0.1) is 11.6 Å². The van der Waals surface area contributed by atoms with Gasteiger partial charge in [0.05, 0.1) is 12.8 Å². The molecular weight excluding hydrogens is 468 g/mol. The van der Waals surface area contributed by atoms with E-state index in [1.807, 2.05) is 4.90 Å². The highest BCUT2D eigenvalue weighted by Crippen LogP contribution is 2.32. The van der Waals surface area contributed by atoms with Gasteiger partial charge in [-0.3, -0.25) is 0 Å². The van der Waals surface area contributed by atoms with Gasteiger partial charge < -0.3 is 9.64 Å². The van der Waals surface area contributed by atoms with Crippen LogP contribution in [0.3, 0.4) is 0 Å². The first-order valence-electron chi connectivity index (χ1n) is 9.28. The van der Waals surface area contributed by atoms with Crippen molar-refractivity contribution in [3.05, 3.63) is 58.4 Å². The molecule has 1 aliphatic heterocycles. The van der Waals surface area contributed by atoms with Gasteiger partial charge in [0.1, 0.15) is 22.3 Å². The topological polar surface area (TPSA) is 62.7 Å². The molecule has 0 saturated carbocycles. The number of anilines is 1. The lowest BCUT2D eigenvalue weighted by Crippen LogP contribution is -2.48. The van der Waals surface area contributed by atoms with E-state index in [0.29, 0.717) is 34.5 Å². The lowest BCUT2D eigenvalue weighted by molar-refractivity contribution is 0.374. The molecule has 0 N–H and O–H groups in total. The summed E-state index contributed by atoms with van der Waals surface area (Å²) in [5, 5.41) is 2.70. The zero-order valence-corrected chi connectivity index (χ0v) is 18.8. The zero-order valence-electron chi connectivity index (χ0n) is 16.4. The van der Waals surface area contributed by atoms with Crippen LogP contribution in [0.4, 0.5) is 13.9 Å². The second kappa shape index (κ2) is 8.70. The Morgan fingerprint density at radius 3 is 2.39 bits per heavy atom. The Bertz CT molecular complexity index is 1190. The summed E-state index contributed by atoms with van der Waals surface area (Å²) in [5.41, 5.74) is 0.825. The van der Waals surface area contributed by atoms with Gasteiger partial charge in [0.25, 0.3) is 0 Å². The predicted molar refractivity (Wildman–Crippen MR) is 116 cm³/mol. The third-order valence-electron chi connectivity index (χ3n) is 4.90. The quantitative estimate of drug-likeness (QED) is 0.540. The van der Waals surface area contributed by atoms with Gasteiger partial charge in [0, 0.05) is 48.2 Å². The van der Waals surface area contributed by atoms with Gasteiger partial charge in [-0.15, -0.1) is 11.3 Å². The second-order valence-corrected chi connectivity index (χ2v) is 10.0. The summed E-state index contributed by atoms with van der Waals surface area (Å²) in [4.78, 5) is 6.45. The van der Waals surface area contributed by atoms with E-state index in [4.69, 9.17) is 16.3 Å². The third kappa shape index (κ3) is 4.52. The van der Waals surface area contributed by atoms with Crippen molar-refractivity contribution in [2.45, 2.75) is 4.90 Å². The number of sulfonamides is 1. The number of rotatable bonds is 5. The Balaban J connectivity index is 1.49. The van der Waals surface area contributed by atoms with Crippen LogP contribution in [0.15, 0.2) is 46.7 Å². The molecule has 164 valence electrons. The van der Waals surface area contributed by atoms with Gasteiger partial charge in [-0.05, 0) is 30.3 Å². The first-order valence-corrected chi connectivity index (χ1v) is 12.0. The summed E-state index contributed by atoms with van der Waals surface area (Å²) in [7, 11) is -2.38. The van der Waals surface area contributed by atoms with Crippen molar-refractivity contribution in [1.29, 1.82) is 0 Å². The van der Waals surface area contributed by atoms with Gasteiger partial charge in [-0.1, -0.05) is 11.6 Å². The molecule has 0 bridgehead atoms. The van der Waals surface area contributed by atoms with E-state index in [-0.39, 0.29) is 23.7 Å². The number of methoxy groups -OCH3 is 1. The Hall–Kier alpha value is -2.27. The maximum Gasteiger partial charge on any atom is 0.246 e. The number of aromatic nitrogens is 1. The van der Waals surface area contributed by atoms with E-state index in [2.05, 4.69) is 4.98 Å². The van der Waals surface area contributed by atoms with E-state index in [1.54, 1.807) is 11.4 Å². The maximum atomic E-state index is 13.5. The lowest BCUT2D eigenvalue weighted by atomic mass is 10.1. The predicted octanol–water partition coefficient (Wildman–Crippen LogP) is 4.26. The number of hydrogen-bond donors (Lipinski definition) is 0. The van der Waals surface area contributed by atoms with Crippen LogP contribution in [0.2, 0.25) is 5.02 Å². The molecule has 2 heterocycles. The van der Waals surface area contributed by atoms with E-state index >= 15 is 0 Å². The Kier molecular flexibility index (Phi) is 6.16. The Morgan fingerprint density at radius 2 is 1.74 bits per heavy atom. The van der Waals surface area contributed by atoms with Gasteiger partial charge in [-0.2, -0.15) is 4.31 Å². The summed E-state index contributed by atoms with van der Waals surface area (Å²) >= 11 is 7.33. The molecule has 31 heavy (non-hydrogen) atoms. The first kappa shape index (κ1) is 21.9. The van der Waals surface area contributed by atoms with Crippen LogP contribution in [-0.2, 0) is 10.0 Å². The number of piperazine rings is 1. The number of ether oxygens (including phenoxy) is 1. The smallest absolute Gasteiger partial charge is 0.246 e. The van der Waals surface area contributed by atoms with Crippen molar-refractivity contribution < 1.29 is 21.9 Å². The third-order valence-corrected chi connectivity index (χ3v) is 7.96. The van der Waals surface area contributed by atoms with Crippen molar-refractivity contribution in [3.63, 3.8) is 0 Å². The molecule has 11 heteroatoms. The molecule has 0 radical (unpaired) electrons. The number of hydrogen-bond acceptors (Lipinski definition) is 6. The SMILES string of the molecule is COc1ccc(Cl)cc1S(=O)(=O)N1CCN(c2nc(-c3cc(F)cc(F)c3)cs2)CC1. The minimum atomic E-state index is -3.78. The standard InChI is InChI=1S/C20H18ClF2N3O3S2/c1-29-18-3-2-14(21)10-19(18)31(27,28)26-6-4-25(5-7-26)20-24-17(12-30-20)13-8-15(22)11-16(23)9-13/h2-3,8-12H,4-7H2,1H3. The molecule has 0 atom stereocenters. The minimum Gasteiger partial charge on any atom is -0.495 e. The molecule has 0 aliphatic carbocycles. The van der Waals surface area contributed by atoms with Crippen molar-refractivity contribution in [3.8, 4) is 17.0 Å². The van der Waals surface area contributed by atoms with Crippen LogP contribution in [-0.4, -0.2) is 51.0 Å². The van der Waals surface area contributed by atoms with Gasteiger partial charge in [0.2, 0.25) is 10.0 Å². The molecule has 1 fully saturated rings. The highest BCUT2D eigenvalue weighted by Gasteiger charge is 2.31. The largest absolute Gasteiger partial charge is 0.495 e. The molecule has 0 spiro atoms. The summed E-state index contributed by atoms with van der Waals surface area (Å²) in [6, 6.07) is 7.74. The fourth-order valence-electron chi connectivity index (χ4n) is 3.35. The monoisotopic (exact) mass is 485 g/mol. The van der Waals surface area contributed by atoms with Crippen molar-refractivity contribution in [2.24, 2.45) is 0 Å². The summed E-state index contributed by atoms with van der Waals surface area (Å²) in [6.07, 6.45) is 0. The fraction of sp³-hybridized carbons (Fsp3) is 0.250. The zero-order chi connectivity index (χ0) is 22.2.